The van der Waals surface area contributed by atoms with Crippen molar-refractivity contribution in [1.82, 2.24) is 4.98 Å². The van der Waals surface area contributed by atoms with Gasteiger partial charge in [0.15, 0.2) is 0 Å². The van der Waals surface area contributed by atoms with Crippen molar-refractivity contribution >= 4 is 34.8 Å². The Bertz CT molecular complexity index is 599. The monoisotopic (exact) mass is 280 g/mol. The maximum absolute atomic E-state index is 12.0. The predicted molar refractivity (Wildman–Crippen MR) is 73.4 cm³/mol. The molecule has 92 valence electrons. The first-order chi connectivity index (χ1) is 8.58. The molecule has 2 aromatic rings. The van der Waals surface area contributed by atoms with Gasteiger partial charge in [-0.15, -0.1) is 0 Å². The van der Waals surface area contributed by atoms with Crippen molar-refractivity contribution < 1.29 is 4.79 Å². The molecular weight excluding hydrogens is 271 g/mol. The highest BCUT2D eigenvalue weighted by Gasteiger charge is 2.11. The third-order valence-corrected chi connectivity index (χ3v) is 3.02. The van der Waals surface area contributed by atoms with Crippen LogP contribution in [0.2, 0.25) is 10.0 Å². The topological polar surface area (TPSA) is 42.0 Å². The quantitative estimate of drug-likeness (QED) is 0.905. The highest BCUT2D eigenvalue weighted by molar-refractivity contribution is 6.35. The Morgan fingerprint density at radius 3 is 2.78 bits per heavy atom. The molecule has 1 aromatic heterocycles. The third-order valence-electron chi connectivity index (χ3n) is 2.46. The zero-order chi connectivity index (χ0) is 13.1. The van der Waals surface area contributed by atoms with Gasteiger partial charge in [-0.05, 0) is 36.8 Å². The number of rotatable bonds is 2. The van der Waals surface area contributed by atoms with E-state index in [1.54, 1.807) is 30.5 Å². The lowest BCUT2D eigenvalue weighted by Gasteiger charge is -2.08. The number of hydrogen-bond donors (Lipinski definition) is 1. The molecule has 5 heteroatoms. The van der Waals surface area contributed by atoms with Crippen molar-refractivity contribution in [1.29, 1.82) is 0 Å². The fraction of sp³-hybridized carbons (Fsp3) is 0.0769. The van der Waals surface area contributed by atoms with Gasteiger partial charge in [-0.2, -0.15) is 0 Å². The highest BCUT2D eigenvalue weighted by atomic mass is 35.5. The molecule has 0 aliphatic rings. The summed E-state index contributed by atoms with van der Waals surface area (Å²) in [6.45, 7) is 1.84. The van der Waals surface area contributed by atoms with E-state index in [0.717, 1.165) is 5.56 Å². The van der Waals surface area contributed by atoms with Crippen LogP contribution in [0.15, 0.2) is 36.7 Å². The van der Waals surface area contributed by atoms with Gasteiger partial charge in [-0.1, -0.05) is 23.2 Å². The van der Waals surface area contributed by atoms with E-state index in [1.165, 1.54) is 6.20 Å². The van der Waals surface area contributed by atoms with E-state index in [1.807, 2.05) is 6.92 Å². The molecule has 0 atom stereocenters. The van der Waals surface area contributed by atoms with Crippen molar-refractivity contribution in [2.75, 3.05) is 5.32 Å². The average molecular weight is 281 g/mol. The first kappa shape index (κ1) is 12.9. The molecule has 0 saturated carbocycles. The van der Waals surface area contributed by atoms with E-state index >= 15 is 0 Å². The van der Waals surface area contributed by atoms with Crippen molar-refractivity contribution in [3.05, 3.63) is 57.8 Å². The van der Waals surface area contributed by atoms with Gasteiger partial charge < -0.3 is 5.32 Å². The van der Waals surface area contributed by atoms with Gasteiger partial charge in [-0.25, -0.2) is 0 Å². The summed E-state index contributed by atoms with van der Waals surface area (Å²) >= 11 is 11.8. The van der Waals surface area contributed by atoms with Crippen LogP contribution in [0.25, 0.3) is 0 Å². The normalized spacial score (nSPS) is 10.2. The number of carbonyl (C=O) groups excluding carboxylic acids is 1. The van der Waals surface area contributed by atoms with Crippen LogP contribution < -0.4 is 5.32 Å². The van der Waals surface area contributed by atoms with Gasteiger partial charge >= 0.3 is 0 Å². The second kappa shape index (κ2) is 5.38. The Hall–Kier alpha value is -1.58. The standard InChI is InChI=1S/C13H10Cl2N2O/c1-8-4-5-16-7-10(8)13(18)17-12-6-9(14)2-3-11(12)15/h2-7H,1H3,(H,17,18). The molecule has 3 nitrogen and oxygen atoms in total. The molecule has 0 aliphatic heterocycles. The van der Waals surface area contributed by atoms with Crippen LogP contribution in [0.4, 0.5) is 5.69 Å². The maximum atomic E-state index is 12.0. The van der Waals surface area contributed by atoms with E-state index in [-0.39, 0.29) is 5.91 Å². The number of nitrogens with one attached hydrogen (secondary N) is 1. The molecule has 0 radical (unpaired) electrons. The molecule has 0 saturated heterocycles. The fourth-order valence-electron chi connectivity index (χ4n) is 1.48. The summed E-state index contributed by atoms with van der Waals surface area (Å²) in [7, 11) is 0. The highest BCUT2D eigenvalue weighted by Crippen LogP contribution is 2.26. The molecule has 1 N–H and O–H groups in total. The molecule has 0 fully saturated rings. The van der Waals surface area contributed by atoms with Crippen molar-refractivity contribution in [3.63, 3.8) is 0 Å². The van der Waals surface area contributed by atoms with Gasteiger partial charge in [-0.3, -0.25) is 9.78 Å². The van der Waals surface area contributed by atoms with Crippen molar-refractivity contribution in [2.45, 2.75) is 6.92 Å². The Kier molecular flexibility index (Phi) is 3.84. The summed E-state index contributed by atoms with van der Waals surface area (Å²) < 4.78 is 0. The molecule has 0 aliphatic carbocycles. The Balaban J connectivity index is 2.27. The van der Waals surface area contributed by atoms with E-state index in [0.29, 0.717) is 21.3 Å². The molecular formula is C13H10Cl2N2O. The smallest absolute Gasteiger partial charge is 0.257 e. The largest absolute Gasteiger partial charge is 0.321 e. The number of nitrogens with zero attached hydrogens (tertiary/aromatic N) is 1. The lowest BCUT2D eigenvalue weighted by molar-refractivity contribution is 0.102. The number of halogens is 2. The number of amides is 1. The molecule has 0 bridgehead atoms. The molecule has 1 amide bonds. The van der Waals surface area contributed by atoms with Gasteiger partial charge in [0, 0.05) is 17.4 Å². The number of anilines is 1. The van der Waals surface area contributed by atoms with Crippen LogP contribution in [0.5, 0.6) is 0 Å². The number of pyridine rings is 1. The van der Waals surface area contributed by atoms with Crippen LogP contribution in [0.1, 0.15) is 15.9 Å². The Morgan fingerprint density at radius 2 is 2.06 bits per heavy atom. The summed E-state index contributed by atoms with van der Waals surface area (Å²) in [5.74, 6) is -0.259. The van der Waals surface area contributed by atoms with Crippen LogP contribution >= 0.6 is 23.2 Å². The van der Waals surface area contributed by atoms with E-state index in [9.17, 15) is 4.79 Å². The SMILES string of the molecule is Cc1ccncc1C(=O)Nc1cc(Cl)ccc1Cl. The minimum atomic E-state index is -0.259. The Morgan fingerprint density at radius 1 is 1.28 bits per heavy atom. The van der Waals surface area contributed by atoms with Gasteiger partial charge in [0.25, 0.3) is 5.91 Å². The number of aryl methyl sites for hydroxylation is 1. The van der Waals surface area contributed by atoms with Crippen molar-refractivity contribution in [3.8, 4) is 0 Å². The average Bonchev–Trinajstić information content (AvgIpc) is 2.34. The number of carbonyl (C=O) groups is 1. The third kappa shape index (κ3) is 2.81. The van der Waals surface area contributed by atoms with Crippen LogP contribution in [-0.4, -0.2) is 10.9 Å². The molecule has 0 spiro atoms. The van der Waals surface area contributed by atoms with E-state index in [2.05, 4.69) is 10.3 Å². The molecule has 2 rings (SSSR count). The van der Waals surface area contributed by atoms with Gasteiger partial charge in [0.2, 0.25) is 0 Å². The zero-order valence-corrected chi connectivity index (χ0v) is 11.1. The maximum Gasteiger partial charge on any atom is 0.257 e. The minimum absolute atomic E-state index is 0.259. The minimum Gasteiger partial charge on any atom is -0.321 e. The second-order valence-corrected chi connectivity index (χ2v) is 4.61. The number of hydrogen-bond acceptors (Lipinski definition) is 2. The van der Waals surface area contributed by atoms with Crippen LogP contribution in [0.3, 0.4) is 0 Å². The van der Waals surface area contributed by atoms with E-state index < -0.39 is 0 Å². The zero-order valence-electron chi connectivity index (χ0n) is 9.58. The Labute approximate surface area is 115 Å². The lowest BCUT2D eigenvalue weighted by Crippen LogP contribution is -2.13. The molecule has 1 heterocycles. The second-order valence-electron chi connectivity index (χ2n) is 3.77. The summed E-state index contributed by atoms with van der Waals surface area (Å²) in [5, 5.41) is 3.66. The van der Waals surface area contributed by atoms with Gasteiger partial charge in [0.05, 0.1) is 16.3 Å². The summed E-state index contributed by atoms with van der Waals surface area (Å²) in [5.41, 5.74) is 1.84. The summed E-state index contributed by atoms with van der Waals surface area (Å²) in [6.07, 6.45) is 3.15. The molecule has 0 unspecified atom stereocenters. The van der Waals surface area contributed by atoms with E-state index in [4.69, 9.17) is 23.2 Å². The first-order valence-corrected chi connectivity index (χ1v) is 6.00. The van der Waals surface area contributed by atoms with Crippen LogP contribution in [-0.2, 0) is 0 Å². The predicted octanol–water partition coefficient (Wildman–Crippen LogP) is 3.95. The molecule has 1 aromatic carbocycles. The number of benzene rings is 1. The summed E-state index contributed by atoms with van der Waals surface area (Å²) in [4.78, 5) is 16.0. The number of aromatic nitrogens is 1. The summed E-state index contributed by atoms with van der Waals surface area (Å²) in [6, 6.07) is 6.67. The van der Waals surface area contributed by atoms with Gasteiger partial charge in [0.1, 0.15) is 0 Å². The first-order valence-electron chi connectivity index (χ1n) is 5.25. The van der Waals surface area contributed by atoms with Crippen LogP contribution in [0, 0.1) is 6.92 Å². The van der Waals surface area contributed by atoms with Crippen molar-refractivity contribution in [2.24, 2.45) is 0 Å². The lowest BCUT2D eigenvalue weighted by atomic mass is 10.1. The molecule has 18 heavy (non-hydrogen) atoms. The fourth-order valence-corrected chi connectivity index (χ4v) is 1.82.